The molecule has 0 spiro atoms. The predicted molar refractivity (Wildman–Crippen MR) is 557 cm³/mol. The SMILES string of the molecule is C.C.C.C.C.C.C.C.C.C.C.C.CCC(C)(C)C(=O)OC1(C(C)C)C2CC3CC(C2)CC1C3.CCC(C)(C)C(=O)OC12CC3CC(O)(CC(O)(C3)C1)C2.CCC(C)(C)C(=O)OC1C2CC3CC1CC(C(=O)OCOCC14CC5CC(CC(C5)C1)C4)(C3)C2.CCC(C)(C)C(=O)OC1CCOC1=O.CCC(C)(C)C(=O)OCC(=O)OC1C2CC3C(=O)OC1C3C2.CCC1(OC(=O)C(C)(C)CC)CCCCC1. The first-order valence-corrected chi connectivity index (χ1v) is 50.4. The Kier molecular flexibility index (Phi) is 49.3. The minimum absolute atomic E-state index is 0. The van der Waals surface area contributed by atoms with Gasteiger partial charge in [0, 0.05) is 37.5 Å². The molecule has 18 bridgehead atoms. The molecule has 2 saturated heterocycles. The Balaban J connectivity index is 0.00000165. The van der Waals surface area contributed by atoms with Crippen LogP contribution in [0.2, 0.25) is 0 Å². The third-order valence-corrected chi connectivity index (χ3v) is 36.0. The molecule has 19 aliphatic carbocycles. The molecule has 19 saturated carbocycles. The minimum atomic E-state index is -0.842. The molecule has 23 heteroatoms. The van der Waals surface area contributed by atoms with Gasteiger partial charge >= 0.3 is 59.7 Å². The van der Waals surface area contributed by atoms with Crippen LogP contribution in [0, 0.1) is 132 Å². The van der Waals surface area contributed by atoms with Crippen LogP contribution in [0.4, 0.5) is 0 Å². The summed E-state index contributed by atoms with van der Waals surface area (Å²) in [5.41, 5.74) is -5.45. The second-order valence-corrected chi connectivity index (χ2v) is 48.4. The fourth-order valence-electron chi connectivity index (χ4n) is 27.2. The molecule has 2 aliphatic heterocycles. The smallest absolute Gasteiger partial charge is 0.347 e. The van der Waals surface area contributed by atoms with E-state index in [-0.39, 0.29) is 214 Å². The zero-order valence-electron chi connectivity index (χ0n) is 81.9. The van der Waals surface area contributed by atoms with Gasteiger partial charge in [-0.2, -0.15) is 0 Å². The first-order chi connectivity index (χ1) is 59.3. The lowest BCUT2D eigenvalue weighted by atomic mass is 9.47. The highest BCUT2D eigenvalue weighted by atomic mass is 16.7. The zero-order valence-corrected chi connectivity index (χ0v) is 81.9. The average Bonchev–Trinajstić information content (AvgIpc) is 1.33. The molecule has 10 unspecified atom stereocenters. The molecule has 0 aromatic heterocycles. The third kappa shape index (κ3) is 29.1. The second-order valence-electron chi connectivity index (χ2n) is 48.4. The van der Waals surface area contributed by atoms with E-state index in [1.807, 2.05) is 90.0 Å². The van der Waals surface area contributed by atoms with Crippen LogP contribution in [0.15, 0.2) is 0 Å². The van der Waals surface area contributed by atoms with E-state index in [9.17, 15) is 58.2 Å². The molecule has 816 valence electrons. The molecule has 21 aliphatic rings. The van der Waals surface area contributed by atoms with Crippen molar-refractivity contribution in [3.05, 3.63) is 0 Å². The summed E-state index contributed by atoms with van der Waals surface area (Å²) < 4.78 is 61.6. The molecule has 139 heavy (non-hydrogen) atoms. The molecule has 0 aromatic rings. The maximum Gasteiger partial charge on any atom is 0.347 e. The summed E-state index contributed by atoms with van der Waals surface area (Å²) in [6.45, 7) is 42.3. The Bertz CT molecular complexity index is 3830. The fourth-order valence-corrected chi connectivity index (χ4v) is 27.2. The lowest BCUT2D eigenvalue weighted by molar-refractivity contribution is -0.264. The summed E-state index contributed by atoms with van der Waals surface area (Å²) in [7, 11) is 0. The summed E-state index contributed by atoms with van der Waals surface area (Å²) in [5, 5.41) is 21.3. The number of cyclic esters (lactones) is 1. The zero-order chi connectivity index (χ0) is 93.0. The Labute approximate surface area is 848 Å². The molecule has 2 heterocycles. The molecule has 0 amide bonds. The van der Waals surface area contributed by atoms with Crippen molar-refractivity contribution in [2.24, 2.45) is 132 Å². The normalized spacial score (nSPS) is 34.4. The standard InChI is InChI=1S/C29H44O5.C19H32O2.C16H22O6.C16H26O4.C14H26O2.C10H16O4.12CH4/c1-4-27(2,3)25(30)34-24-22-8-21-9-23(24)15-29(13-21,14-22)26(31)33-17-32-16-28-10-18-5-19(11-28)7-20(6-18)12-28;1-6-18(4,5)17(20)21-19(12(2)3)15-8-13-7-14(10-15)11-16(19)9-13;1-4-16(2,3)15(19)20-7-11(17)21-12-8-5-9-10(6-8)14(18)22-13(9)12;1-4-13(2,3)12(17)20-16-7-11-5-14(18,9-16)8-15(19,6-11)10-16;1-5-13(3,4)12(15)16-14(6-2)10-8-7-9-11-14;1-4-10(2,3)9(12)14-7-5-6-13-8(7)11;;;;;;;;;;;;/h18-24H,4-17H2,1-3H3;12-16H,6-11H2,1-5H3;8-10,12-13H,4-7H2,1-3H3;11,18-19H,4-10H2,1-3H3;5-11H2,1-4H3;7H,4-6H2,1-3H3;12*1H4. The molecule has 0 radical (unpaired) electrons. The van der Waals surface area contributed by atoms with E-state index >= 15 is 0 Å². The fraction of sp³-hybridized carbons (Fsp3) is 0.914. The van der Waals surface area contributed by atoms with Crippen LogP contribution in [0.3, 0.4) is 0 Å². The van der Waals surface area contributed by atoms with Gasteiger partial charge in [-0.1, -0.05) is 158 Å². The van der Waals surface area contributed by atoms with Crippen LogP contribution >= 0.6 is 0 Å². The van der Waals surface area contributed by atoms with E-state index < -0.39 is 62.5 Å². The number of hydrogen-bond acceptors (Lipinski definition) is 23. The van der Waals surface area contributed by atoms with E-state index in [4.69, 9.17) is 52.1 Å². The van der Waals surface area contributed by atoms with Crippen LogP contribution in [0.1, 0.15) is 472 Å². The van der Waals surface area contributed by atoms with Gasteiger partial charge in [-0.15, -0.1) is 0 Å². The van der Waals surface area contributed by atoms with Gasteiger partial charge in [0.05, 0.1) is 68.2 Å². The number of carbonyl (C=O) groups excluding carboxylic acids is 10. The summed E-state index contributed by atoms with van der Waals surface area (Å²) in [4.78, 5) is 121. The Morgan fingerprint density at radius 2 is 0.849 bits per heavy atom. The number of fused-ring (bicyclic) bond motifs is 1. The maximum atomic E-state index is 13.3. The topological polar surface area (TPSA) is 313 Å². The molecule has 21 fully saturated rings. The van der Waals surface area contributed by atoms with E-state index in [1.165, 1.54) is 89.9 Å². The van der Waals surface area contributed by atoms with E-state index in [0.29, 0.717) is 86.1 Å². The number of aliphatic hydroxyl groups is 2. The largest absolute Gasteiger partial charge is 0.463 e. The highest BCUT2D eigenvalue weighted by Crippen LogP contribution is 2.66. The second kappa shape index (κ2) is 51.3. The van der Waals surface area contributed by atoms with Gasteiger partial charge in [0.2, 0.25) is 6.10 Å². The highest BCUT2D eigenvalue weighted by Gasteiger charge is 2.68. The van der Waals surface area contributed by atoms with Crippen molar-refractivity contribution < 1.29 is 110 Å². The van der Waals surface area contributed by atoms with E-state index in [2.05, 4.69) is 27.7 Å². The van der Waals surface area contributed by atoms with Gasteiger partial charge in [-0.25, -0.2) is 9.59 Å². The van der Waals surface area contributed by atoms with Crippen molar-refractivity contribution in [2.75, 3.05) is 26.6 Å². The number of esters is 10. The Hall–Kier alpha value is -5.42. The van der Waals surface area contributed by atoms with Crippen molar-refractivity contribution in [1.82, 2.24) is 0 Å². The first-order valence-electron chi connectivity index (χ1n) is 50.4. The molecular weight excluding hydrogens is 1760 g/mol. The van der Waals surface area contributed by atoms with Gasteiger partial charge < -0.3 is 62.3 Å². The van der Waals surface area contributed by atoms with Crippen molar-refractivity contribution in [3.63, 3.8) is 0 Å². The third-order valence-electron chi connectivity index (χ3n) is 36.0. The number of carbonyl (C=O) groups is 10. The monoisotopic (exact) mass is 1980 g/mol. The molecule has 21 rings (SSSR count). The van der Waals surface area contributed by atoms with Gasteiger partial charge in [0.25, 0.3) is 0 Å². The maximum absolute atomic E-state index is 13.3. The number of ether oxygens (including phenoxy) is 11. The van der Waals surface area contributed by atoms with E-state index in [1.54, 1.807) is 27.7 Å². The van der Waals surface area contributed by atoms with Gasteiger partial charge in [-0.3, -0.25) is 38.4 Å². The molecular formula is C116H214O23. The van der Waals surface area contributed by atoms with Crippen LogP contribution in [0.25, 0.3) is 0 Å². The summed E-state index contributed by atoms with van der Waals surface area (Å²) in [6.07, 6.45) is 35.2. The highest BCUT2D eigenvalue weighted by molar-refractivity contribution is 5.84. The minimum Gasteiger partial charge on any atom is -0.463 e. The van der Waals surface area contributed by atoms with Crippen molar-refractivity contribution in [3.8, 4) is 0 Å². The van der Waals surface area contributed by atoms with Gasteiger partial charge in [-0.05, 0) is 365 Å². The quantitative estimate of drug-likeness (QED) is 0.0334. The average molecular weight is 1980 g/mol. The molecule has 0 aromatic carbocycles. The van der Waals surface area contributed by atoms with Crippen molar-refractivity contribution in [2.45, 2.75) is 525 Å². The lowest BCUT2D eigenvalue weighted by Gasteiger charge is -2.62. The predicted octanol–water partition coefficient (Wildman–Crippen LogP) is 27.3. The van der Waals surface area contributed by atoms with Gasteiger partial charge in [0.1, 0.15) is 35.1 Å². The van der Waals surface area contributed by atoms with Crippen molar-refractivity contribution in [1.29, 1.82) is 0 Å². The number of hydrogen-bond donors (Lipinski definition) is 2. The van der Waals surface area contributed by atoms with Crippen molar-refractivity contribution >= 4 is 59.7 Å². The molecule has 10 atom stereocenters. The Morgan fingerprint density at radius 1 is 0.417 bits per heavy atom. The lowest BCUT2D eigenvalue weighted by Crippen LogP contribution is -2.67. The van der Waals surface area contributed by atoms with E-state index in [0.717, 1.165) is 145 Å². The van der Waals surface area contributed by atoms with Crippen LogP contribution < -0.4 is 0 Å². The van der Waals surface area contributed by atoms with Crippen LogP contribution in [-0.4, -0.2) is 149 Å². The molecule has 2 N–H and O–H groups in total. The summed E-state index contributed by atoms with van der Waals surface area (Å²) in [5.74, 6) is 5.82. The van der Waals surface area contributed by atoms with Crippen LogP contribution in [-0.2, 0) is 100 Å². The summed E-state index contributed by atoms with van der Waals surface area (Å²) in [6, 6.07) is 0. The summed E-state index contributed by atoms with van der Waals surface area (Å²) >= 11 is 0. The van der Waals surface area contributed by atoms with Crippen LogP contribution in [0.5, 0.6) is 0 Å². The number of rotatable bonds is 27. The van der Waals surface area contributed by atoms with Gasteiger partial charge in [0.15, 0.2) is 13.4 Å². The first kappa shape index (κ1) is 134. The Morgan fingerprint density at radius 3 is 1.29 bits per heavy atom. The molecule has 23 nitrogen and oxygen atoms in total.